The summed E-state index contributed by atoms with van der Waals surface area (Å²) in [5.41, 5.74) is 2.95. The quantitative estimate of drug-likeness (QED) is 0.853. The number of phenols is 1. The normalized spacial score (nSPS) is 22.0. The third kappa shape index (κ3) is 3.16. The van der Waals surface area contributed by atoms with Gasteiger partial charge in [-0.1, -0.05) is 50.2 Å². The fourth-order valence-corrected chi connectivity index (χ4v) is 4.32. The van der Waals surface area contributed by atoms with Gasteiger partial charge in [-0.2, -0.15) is 0 Å². The average molecular weight is 361 g/mol. The summed E-state index contributed by atoms with van der Waals surface area (Å²) in [6, 6.07) is 16.5. The van der Waals surface area contributed by atoms with Gasteiger partial charge in [0, 0.05) is 36.1 Å². The van der Waals surface area contributed by atoms with Crippen LogP contribution < -0.4 is 4.90 Å². The summed E-state index contributed by atoms with van der Waals surface area (Å²) in [5.74, 6) is -0.0219. The Labute approximate surface area is 159 Å². The summed E-state index contributed by atoms with van der Waals surface area (Å²) in [4.78, 5) is 27.9. The largest absolute Gasteiger partial charge is 0.508 e. The van der Waals surface area contributed by atoms with Gasteiger partial charge in [0.2, 0.25) is 5.91 Å². The lowest BCUT2D eigenvalue weighted by Crippen LogP contribution is -2.43. The standard InChI is InChI=1S/C23H23NO3/c1-23(2)13-19-22(20(26)14-23)18(15-7-4-3-5-8-15)12-21(27)24(19)16-9-6-10-17(25)11-16/h3-11,18,25H,12-14H2,1-2H3. The van der Waals surface area contributed by atoms with Gasteiger partial charge < -0.3 is 5.11 Å². The summed E-state index contributed by atoms with van der Waals surface area (Å²) >= 11 is 0. The average Bonchev–Trinajstić information content (AvgIpc) is 2.60. The van der Waals surface area contributed by atoms with Crippen LogP contribution in [0.4, 0.5) is 5.69 Å². The van der Waals surface area contributed by atoms with Crippen molar-refractivity contribution in [1.82, 2.24) is 0 Å². The molecule has 0 aromatic heterocycles. The smallest absolute Gasteiger partial charge is 0.232 e. The highest BCUT2D eigenvalue weighted by molar-refractivity contribution is 6.07. The number of ketones is 1. The van der Waals surface area contributed by atoms with Crippen LogP contribution in [-0.4, -0.2) is 16.8 Å². The molecule has 0 spiro atoms. The van der Waals surface area contributed by atoms with Crippen LogP contribution in [0.15, 0.2) is 65.9 Å². The number of nitrogens with zero attached hydrogens (tertiary/aromatic N) is 1. The molecule has 138 valence electrons. The summed E-state index contributed by atoms with van der Waals surface area (Å²) in [7, 11) is 0. The molecule has 1 unspecified atom stereocenters. The van der Waals surface area contributed by atoms with Crippen LogP contribution in [0.3, 0.4) is 0 Å². The van der Waals surface area contributed by atoms with Gasteiger partial charge in [0.1, 0.15) is 5.75 Å². The van der Waals surface area contributed by atoms with E-state index in [4.69, 9.17) is 0 Å². The van der Waals surface area contributed by atoms with Crippen molar-refractivity contribution in [3.63, 3.8) is 0 Å². The lowest BCUT2D eigenvalue weighted by molar-refractivity contribution is -0.121. The number of Topliss-reactive ketones (excluding diaryl/α,β-unsaturated/α-hetero) is 1. The second kappa shape index (κ2) is 6.38. The number of amides is 1. The first-order valence-corrected chi connectivity index (χ1v) is 9.29. The van der Waals surface area contributed by atoms with Crippen LogP contribution in [-0.2, 0) is 9.59 Å². The maximum Gasteiger partial charge on any atom is 0.232 e. The van der Waals surface area contributed by atoms with E-state index in [2.05, 4.69) is 13.8 Å². The van der Waals surface area contributed by atoms with Crippen molar-refractivity contribution in [2.75, 3.05) is 4.90 Å². The first-order chi connectivity index (χ1) is 12.9. The lowest BCUT2D eigenvalue weighted by Gasteiger charge is -2.43. The molecule has 0 radical (unpaired) electrons. The van der Waals surface area contributed by atoms with Gasteiger partial charge in [-0.05, 0) is 29.5 Å². The minimum absolute atomic E-state index is 0.0429. The molecule has 0 fully saturated rings. The molecule has 1 atom stereocenters. The zero-order chi connectivity index (χ0) is 19.2. The number of hydrogen-bond acceptors (Lipinski definition) is 3. The second-order valence-corrected chi connectivity index (χ2v) is 8.22. The molecule has 1 N–H and O–H groups in total. The molecule has 4 heteroatoms. The molecule has 2 aliphatic rings. The highest BCUT2D eigenvalue weighted by atomic mass is 16.3. The molecule has 4 rings (SSSR count). The monoisotopic (exact) mass is 361 g/mol. The Bertz CT molecular complexity index is 943. The number of anilines is 1. The molecular formula is C23H23NO3. The Morgan fingerprint density at radius 1 is 1.00 bits per heavy atom. The Kier molecular flexibility index (Phi) is 4.14. The van der Waals surface area contributed by atoms with Gasteiger partial charge in [-0.15, -0.1) is 0 Å². The molecular weight excluding hydrogens is 338 g/mol. The summed E-state index contributed by atoms with van der Waals surface area (Å²) < 4.78 is 0. The highest BCUT2D eigenvalue weighted by Crippen LogP contribution is 2.48. The van der Waals surface area contributed by atoms with E-state index in [0.717, 1.165) is 16.8 Å². The van der Waals surface area contributed by atoms with Crippen molar-refractivity contribution in [2.45, 2.75) is 39.0 Å². The summed E-state index contributed by atoms with van der Waals surface area (Å²) in [5, 5.41) is 9.89. The molecule has 1 aliphatic carbocycles. The van der Waals surface area contributed by atoms with Crippen LogP contribution in [0.2, 0.25) is 0 Å². The molecule has 1 aliphatic heterocycles. The Balaban J connectivity index is 1.91. The van der Waals surface area contributed by atoms with E-state index in [1.165, 1.54) is 0 Å². The Morgan fingerprint density at radius 3 is 2.44 bits per heavy atom. The van der Waals surface area contributed by atoms with E-state index in [1.54, 1.807) is 29.2 Å². The van der Waals surface area contributed by atoms with E-state index < -0.39 is 0 Å². The van der Waals surface area contributed by atoms with Crippen LogP contribution in [0.25, 0.3) is 0 Å². The SMILES string of the molecule is CC1(C)CC(=O)C2=C(C1)N(c1cccc(O)c1)C(=O)CC2c1ccccc1. The molecule has 0 bridgehead atoms. The van der Waals surface area contributed by atoms with Gasteiger partial charge >= 0.3 is 0 Å². The lowest BCUT2D eigenvalue weighted by atomic mass is 9.69. The van der Waals surface area contributed by atoms with Gasteiger partial charge in [0.25, 0.3) is 0 Å². The third-order valence-electron chi connectivity index (χ3n) is 5.43. The Morgan fingerprint density at radius 2 is 1.74 bits per heavy atom. The number of benzene rings is 2. The minimum atomic E-state index is -0.205. The maximum absolute atomic E-state index is 13.2. The van der Waals surface area contributed by atoms with E-state index >= 15 is 0 Å². The molecule has 4 nitrogen and oxygen atoms in total. The number of carbonyl (C=O) groups excluding carboxylic acids is 2. The van der Waals surface area contributed by atoms with Crippen molar-refractivity contribution in [3.05, 3.63) is 71.4 Å². The van der Waals surface area contributed by atoms with Crippen molar-refractivity contribution < 1.29 is 14.7 Å². The third-order valence-corrected chi connectivity index (χ3v) is 5.43. The molecule has 0 saturated heterocycles. The van der Waals surface area contributed by atoms with E-state index in [0.29, 0.717) is 18.5 Å². The summed E-state index contributed by atoms with van der Waals surface area (Å²) in [6.45, 7) is 4.12. The molecule has 0 saturated carbocycles. The first kappa shape index (κ1) is 17.5. The number of allylic oxidation sites excluding steroid dienone is 2. The zero-order valence-corrected chi connectivity index (χ0v) is 15.6. The van der Waals surface area contributed by atoms with E-state index in [9.17, 15) is 14.7 Å². The molecule has 1 amide bonds. The van der Waals surface area contributed by atoms with E-state index in [-0.39, 0.29) is 35.2 Å². The predicted octanol–water partition coefficient (Wildman–Crippen LogP) is 4.56. The van der Waals surface area contributed by atoms with Crippen LogP contribution in [0.5, 0.6) is 5.75 Å². The fraction of sp³-hybridized carbons (Fsp3) is 0.304. The van der Waals surface area contributed by atoms with Crippen LogP contribution in [0.1, 0.15) is 44.6 Å². The van der Waals surface area contributed by atoms with Gasteiger partial charge in [-0.25, -0.2) is 0 Å². The first-order valence-electron chi connectivity index (χ1n) is 9.29. The van der Waals surface area contributed by atoms with Crippen molar-refractivity contribution >= 4 is 17.4 Å². The van der Waals surface area contributed by atoms with Gasteiger partial charge in [0.05, 0.1) is 5.69 Å². The van der Waals surface area contributed by atoms with Crippen LogP contribution >= 0.6 is 0 Å². The summed E-state index contributed by atoms with van der Waals surface area (Å²) in [6.07, 6.45) is 1.39. The van der Waals surface area contributed by atoms with Crippen molar-refractivity contribution in [1.29, 1.82) is 0 Å². The molecule has 27 heavy (non-hydrogen) atoms. The predicted molar refractivity (Wildman–Crippen MR) is 104 cm³/mol. The maximum atomic E-state index is 13.2. The van der Waals surface area contributed by atoms with Crippen molar-refractivity contribution in [3.8, 4) is 5.75 Å². The zero-order valence-electron chi connectivity index (χ0n) is 15.6. The Hall–Kier alpha value is -2.88. The number of phenolic OH excluding ortho intramolecular Hbond substituents is 1. The van der Waals surface area contributed by atoms with Gasteiger partial charge in [-0.3, -0.25) is 14.5 Å². The van der Waals surface area contributed by atoms with Crippen molar-refractivity contribution in [2.24, 2.45) is 5.41 Å². The number of aromatic hydroxyl groups is 1. The fourth-order valence-electron chi connectivity index (χ4n) is 4.32. The minimum Gasteiger partial charge on any atom is -0.508 e. The molecule has 2 aromatic carbocycles. The van der Waals surface area contributed by atoms with Crippen LogP contribution in [0, 0.1) is 5.41 Å². The van der Waals surface area contributed by atoms with E-state index in [1.807, 2.05) is 30.3 Å². The van der Waals surface area contributed by atoms with Gasteiger partial charge in [0.15, 0.2) is 5.78 Å². The topological polar surface area (TPSA) is 57.6 Å². The highest BCUT2D eigenvalue weighted by Gasteiger charge is 2.44. The number of rotatable bonds is 2. The molecule has 2 aromatic rings. The number of carbonyl (C=O) groups is 2. The second-order valence-electron chi connectivity index (χ2n) is 8.22. The number of hydrogen-bond donors (Lipinski definition) is 1. The molecule has 1 heterocycles.